The van der Waals surface area contributed by atoms with Crippen molar-refractivity contribution in [2.45, 2.75) is 32.1 Å². The van der Waals surface area contributed by atoms with Crippen molar-refractivity contribution in [1.29, 1.82) is 0 Å². The Morgan fingerprint density at radius 2 is 1.60 bits per heavy atom. The van der Waals surface area contributed by atoms with Crippen LogP contribution in [0.1, 0.15) is 26.3 Å². The molecule has 84 valence electrons. The molecule has 0 unspecified atom stereocenters. The first kappa shape index (κ1) is 12.2. The van der Waals surface area contributed by atoms with E-state index in [4.69, 9.17) is 4.55 Å². The van der Waals surface area contributed by atoms with Gasteiger partial charge in [-0.15, -0.1) is 0 Å². The highest BCUT2D eigenvalue weighted by molar-refractivity contribution is 7.85. The molecular formula is C11H16O3S. The molecule has 1 N–H and O–H groups in total. The van der Waals surface area contributed by atoms with Gasteiger partial charge in [-0.3, -0.25) is 4.55 Å². The predicted molar refractivity (Wildman–Crippen MR) is 59.4 cm³/mol. The van der Waals surface area contributed by atoms with Gasteiger partial charge in [-0.25, -0.2) is 0 Å². The highest BCUT2D eigenvalue weighted by Crippen LogP contribution is 2.21. The highest BCUT2D eigenvalue weighted by Gasteiger charge is 2.13. The Labute approximate surface area is 90.9 Å². The van der Waals surface area contributed by atoms with Gasteiger partial charge in [-0.2, -0.15) is 8.42 Å². The normalized spacial score (nSPS) is 12.8. The molecule has 0 radical (unpaired) electrons. The van der Waals surface area contributed by atoms with Crippen molar-refractivity contribution in [2.24, 2.45) is 5.41 Å². The smallest absolute Gasteiger partial charge is 0.282 e. The Morgan fingerprint density at radius 1 is 1.13 bits per heavy atom. The molecule has 0 aliphatic rings. The second-order valence-corrected chi connectivity index (χ2v) is 6.28. The molecule has 0 fully saturated rings. The van der Waals surface area contributed by atoms with Gasteiger partial charge in [-0.05, 0) is 29.5 Å². The van der Waals surface area contributed by atoms with E-state index < -0.39 is 10.1 Å². The zero-order valence-electron chi connectivity index (χ0n) is 9.19. The molecule has 3 nitrogen and oxygen atoms in total. The molecular weight excluding hydrogens is 212 g/mol. The van der Waals surface area contributed by atoms with Gasteiger partial charge in [0.15, 0.2) is 0 Å². The Morgan fingerprint density at radius 3 is 1.93 bits per heavy atom. The predicted octanol–water partition coefficient (Wildman–Crippen LogP) is 2.52. The van der Waals surface area contributed by atoms with Crippen LogP contribution in [0.25, 0.3) is 0 Å². The van der Waals surface area contributed by atoms with Gasteiger partial charge in [0.2, 0.25) is 0 Å². The summed E-state index contributed by atoms with van der Waals surface area (Å²) in [6, 6.07) is 6.32. The van der Waals surface area contributed by atoms with E-state index in [-0.39, 0.29) is 10.3 Å². The summed E-state index contributed by atoms with van der Waals surface area (Å²) >= 11 is 0. The summed E-state index contributed by atoms with van der Waals surface area (Å²) in [6.45, 7) is 6.34. The summed E-state index contributed by atoms with van der Waals surface area (Å²) in [6.07, 6.45) is 0.874. The van der Waals surface area contributed by atoms with Gasteiger partial charge in [0.05, 0.1) is 4.90 Å². The fraction of sp³-hybridized carbons (Fsp3) is 0.455. The molecule has 1 rings (SSSR count). The van der Waals surface area contributed by atoms with Gasteiger partial charge < -0.3 is 0 Å². The molecule has 0 amide bonds. The number of hydrogen-bond donors (Lipinski definition) is 1. The van der Waals surface area contributed by atoms with Crippen molar-refractivity contribution in [3.05, 3.63) is 29.8 Å². The van der Waals surface area contributed by atoms with Crippen LogP contribution in [0.15, 0.2) is 29.2 Å². The molecule has 0 atom stereocenters. The highest BCUT2D eigenvalue weighted by atomic mass is 32.2. The first-order chi connectivity index (χ1) is 6.68. The lowest BCUT2D eigenvalue weighted by Gasteiger charge is -2.17. The summed E-state index contributed by atoms with van der Waals surface area (Å²) in [5.74, 6) is 0. The molecule has 0 saturated heterocycles. The topological polar surface area (TPSA) is 54.4 Å². The summed E-state index contributed by atoms with van der Waals surface area (Å²) < 4.78 is 30.4. The van der Waals surface area contributed by atoms with Crippen LogP contribution in [0.4, 0.5) is 0 Å². The van der Waals surface area contributed by atoms with E-state index >= 15 is 0 Å². The van der Waals surface area contributed by atoms with Crippen molar-refractivity contribution in [2.75, 3.05) is 0 Å². The SMILES string of the molecule is CC(C)(C)Cc1ccc(S(=O)(=O)O)cc1. The molecule has 0 bridgehead atoms. The van der Waals surface area contributed by atoms with Crippen LogP contribution in [0, 0.1) is 5.41 Å². The van der Waals surface area contributed by atoms with E-state index in [1.165, 1.54) is 12.1 Å². The second kappa shape index (κ2) is 3.94. The Hall–Kier alpha value is -0.870. The minimum absolute atomic E-state index is 0.0554. The Bertz CT molecular complexity index is 424. The fourth-order valence-corrected chi connectivity index (χ4v) is 1.87. The van der Waals surface area contributed by atoms with Crippen LogP contribution in [0.5, 0.6) is 0 Å². The lowest BCUT2D eigenvalue weighted by Crippen LogP contribution is -2.09. The summed E-state index contributed by atoms with van der Waals surface area (Å²) in [5.41, 5.74) is 1.23. The molecule has 15 heavy (non-hydrogen) atoms. The minimum Gasteiger partial charge on any atom is -0.282 e. The fourth-order valence-electron chi connectivity index (χ4n) is 1.39. The average Bonchev–Trinajstić information content (AvgIpc) is 2.00. The van der Waals surface area contributed by atoms with Crippen molar-refractivity contribution >= 4 is 10.1 Å². The third-order valence-electron chi connectivity index (χ3n) is 1.96. The lowest BCUT2D eigenvalue weighted by molar-refractivity contribution is 0.411. The molecule has 0 heterocycles. The van der Waals surface area contributed by atoms with E-state index in [9.17, 15) is 8.42 Å². The van der Waals surface area contributed by atoms with E-state index in [2.05, 4.69) is 20.8 Å². The maximum absolute atomic E-state index is 10.8. The van der Waals surface area contributed by atoms with Crippen molar-refractivity contribution < 1.29 is 13.0 Å². The zero-order chi connectivity index (χ0) is 11.7. The monoisotopic (exact) mass is 228 g/mol. The molecule has 0 aliphatic heterocycles. The van der Waals surface area contributed by atoms with Gasteiger partial charge >= 0.3 is 0 Å². The largest absolute Gasteiger partial charge is 0.294 e. The molecule has 1 aromatic rings. The molecule has 0 aliphatic carbocycles. The van der Waals surface area contributed by atoms with Crippen molar-refractivity contribution in [3.8, 4) is 0 Å². The first-order valence-electron chi connectivity index (χ1n) is 4.75. The summed E-state index contributed by atoms with van der Waals surface area (Å²) in [7, 11) is -4.06. The van der Waals surface area contributed by atoms with E-state index in [0.717, 1.165) is 12.0 Å². The van der Waals surface area contributed by atoms with Crippen LogP contribution in [-0.4, -0.2) is 13.0 Å². The molecule has 4 heteroatoms. The zero-order valence-corrected chi connectivity index (χ0v) is 10.0. The molecule has 0 aromatic heterocycles. The van der Waals surface area contributed by atoms with Gasteiger partial charge in [-0.1, -0.05) is 32.9 Å². The number of hydrogen-bond acceptors (Lipinski definition) is 2. The van der Waals surface area contributed by atoms with Crippen LogP contribution in [-0.2, 0) is 16.5 Å². The minimum atomic E-state index is -4.06. The first-order valence-corrected chi connectivity index (χ1v) is 6.19. The second-order valence-electron chi connectivity index (χ2n) is 4.86. The van der Waals surface area contributed by atoms with Gasteiger partial charge in [0.25, 0.3) is 10.1 Å². The van der Waals surface area contributed by atoms with Crippen molar-refractivity contribution in [1.82, 2.24) is 0 Å². The molecule has 0 spiro atoms. The maximum atomic E-state index is 10.8. The van der Waals surface area contributed by atoms with Crippen LogP contribution in [0.2, 0.25) is 0 Å². The van der Waals surface area contributed by atoms with Crippen molar-refractivity contribution in [3.63, 3.8) is 0 Å². The lowest BCUT2D eigenvalue weighted by atomic mass is 9.88. The summed E-state index contributed by atoms with van der Waals surface area (Å²) in [5, 5.41) is 0. The van der Waals surface area contributed by atoms with Gasteiger partial charge in [0.1, 0.15) is 0 Å². The third-order valence-corrected chi connectivity index (χ3v) is 2.82. The van der Waals surface area contributed by atoms with Crippen LogP contribution < -0.4 is 0 Å². The average molecular weight is 228 g/mol. The van der Waals surface area contributed by atoms with E-state index in [1.54, 1.807) is 12.1 Å². The summed E-state index contributed by atoms with van der Waals surface area (Å²) in [4.78, 5) is -0.0554. The Balaban J connectivity index is 2.92. The quantitative estimate of drug-likeness (QED) is 0.791. The van der Waals surface area contributed by atoms with Gasteiger partial charge in [0, 0.05) is 0 Å². The Kier molecular flexibility index (Phi) is 3.21. The molecule has 1 aromatic carbocycles. The van der Waals surface area contributed by atoms with Crippen LogP contribution in [0.3, 0.4) is 0 Å². The molecule has 0 saturated carbocycles. The standard InChI is InChI=1S/C11H16O3S/c1-11(2,3)8-9-4-6-10(7-5-9)15(12,13)14/h4-7H,8H2,1-3H3,(H,12,13,14). The van der Waals surface area contributed by atoms with E-state index in [0.29, 0.717) is 0 Å². The third kappa shape index (κ3) is 4.01. The number of benzene rings is 1. The maximum Gasteiger partial charge on any atom is 0.294 e. The van der Waals surface area contributed by atoms with E-state index in [1.807, 2.05) is 0 Å². The van der Waals surface area contributed by atoms with Crippen LogP contribution >= 0.6 is 0 Å². The number of rotatable bonds is 2.